The van der Waals surface area contributed by atoms with Crippen LogP contribution < -0.4 is 11.1 Å². The first-order valence-electron chi connectivity index (χ1n) is 3.36. The Morgan fingerprint density at radius 2 is 2.40 bits per heavy atom. The molecular weight excluding hydrogens is 132 g/mol. The highest BCUT2D eigenvalue weighted by Crippen LogP contribution is 1.77. The van der Waals surface area contributed by atoms with Gasteiger partial charge in [0.25, 0.3) is 0 Å². The van der Waals surface area contributed by atoms with Gasteiger partial charge in [0.1, 0.15) is 6.04 Å². The second-order valence-electron chi connectivity index (χ2n) is 2.08. The van der Waals surface area contributed by atoms with Gasteiger partial charge < -0.3 is 16.2 Å². The molecule has 0 heterocycles. The topological polar surface area (TPSA) is 75.4 Å². The number of carbonyl (C=O) groups is 1. The van der Waals surface area contributed by atoms with Crippen molar-refractivity contribution in [3.05, 3.63) is 0 Å². The highest BCUT2D eigenvalue weighted by atomic mass is 16.3. The molecule has 0 aliphatic heterocycles. The molecule has 0 rings (SSSR count). The molecule has 0 fully saturated rings. The van der Waals surface area contributed by atoms with Crippen LogP contribution in [-0.4, -0.2) is 30.2 Å². The molecule has 0 spiro atoms. The van der Waals surface area contributed by atoms with Crippen LogP contribution in [0.5, 0.6) is 0 Å². The van der Waals surface area contributed by atoms with Crippen LogP contribution >= 0.6 is 0 Å². The number of hydrogen-bond donors (Lipinski definition) is 3. The van der Waals surface area contributed by atoms with Gasteiger partial charge in [-0.1, -0.05) is 6.92 Å². The SMILES string of the molecule is CCCNC(=O)[C@@H](N)CO. The van der Waals surface area contributed by atoms with Crippen LogP contribution in [0.2, 0.25) is 0 Å². The zero-order valence-electron chi connectivity index (χ0n) is 6.13. The van der Waals surface area contributed by atoms with Gasteiger partial charge in [0.2, 0.25) is 5.91 Å². The lowest BCUT2D eigenvalue weighted by Crippen LogP contribution is -2.43. The van der Waals surface area contributed by atoms with E-state index in [1.165, 1.54) is 0 Å². The smallest absolute Gasteiger partial charge is 0.239 e. The van der Waals surface area contributed by atoms with Gasteiger partial charge in [0.15, 0.2) is 0 Å². The summed E-state index contributed by atoms with van der Waals surface area (Å²) in [6.07, 6.45) is 0.879. The van der Waals surface area contributed by atoms with Gasteiger partial charge in [-0.25, -0.2) is 0 Å². The van der Waals surface area contributed by atoms with Crippen molar-refractivity contribution in [2.24, 2.45) is 5.73 Å². The van der Waals surface area contributed by atoms with Crippen LogP contribution in [0.3, 0.4) is 0 Å². The summed E-state index contributed by atoms with van der Waals surface area (Å²) < 4.78 is 0. The number of rotatable bonds is 4. The van der Waals surface area contributed by atoms with E-state index >= 15 is 0 Å². The Balaban J connectivity index is 3.42. The normalized spacial score (nSPS) is 12.7. The molecule has 60 valence electrons. The fourth-order valence-corrected chi connectivity index (χ4v) is 0.462. The van der Waals surface area contributed by atoms with E-state index in [9.17, 15) is 4.79 Å². The molecule has 0 aliphatic rings. The van der Waals surface area contributed by atoms with E-state index in [4.69, 9.17) is 10.8 Å². The monoisotopic (exact) mass is 146 g/mol. The average molecular weight is 146 g/mol. The van der Waals surface area contributed by atoms with Crippen molar-refractivity contribution < 1.29 is 9.90 Å². The van der Waals surface area contributed by atoms with E-state index in [0.717, 1.165) is 6.42 Å². The zero-order chi connectivity index (χ0) is 7.98. The summed E-state index contributed by atoms with van der Waals surface area (Å²) in [5, 5.41) is 11.0. The maximum Gasteiger partial charge on any atom is 0.239 e. The lowest BCUT2D eigenvalue weighted by atomic mass is 10.3. The summed E-state index contributed by atoms with van der Waals surface area (Å²) in [6.45, 7) is 2.27. The Morgan fingerprint density at radius 3 is 2.80 bits per heavy atom. The molecule has 10 heavy (non-hydrogen) atoms. The number of aliphatic hydroxyl groups is 1. The van der Waals surface area contributed by atoms with Crippen molar-refractivity contribution in [2.75, 3.05) is 13.2 Å². The van der Waals surface area contributed by atoms with Gasteiger partial charge in [-0.2, -0.15) is 0 Å². The van der Waals surface area contributed by atoms with Crippen LogP contribution in [0.25, 0.3) is 0 Å². The quantitative estimate of drug-likeness (QED) is 0.468. The van der Waals surface area contributed by atoms with Crippen LogP contribution in [0.4, 0.5) is 0 Å². The van der Waals surface area contributed by atoms with Crippen LogP contribution in [0.1, 0.15) is 13.3 Å². The molecule has 0 saturated heterocycles. The third-order valence-electron chi connectivity index (χ3n) is 1.08. The molecule has 0 radical (unpaired) electrons. The van der Waals surface area contributed by atoms with Crippen LogP contribution in [-0.2, 0) is 4.79 Å². The van der Waals surface area contributed by atoms with Crippen molar-refractivity contribution in [3.63, 3.8) is 0 Å². The summed E-state index contributed by atoms with van der Waals surface area (Å²) in [4.78, 5) is 10.7. The number of aliphatic hydroxyl groups excluding tert-OH is 1. The molecule has 0 aromatic heterocycles. The molecule has 4 heteroatoms. The van der Waals surface area contributed by atoms with E-state index in [1.807, 2.05) is 6.92 Å². The minimum Gasteiger partial charge on any atom is -0.394 e. The molecule has 0 aromatic rings. The van der Waals surface area contributed by atoms with Crippen LogP contribution in [0.15, 0.2) is 0 Å². The highest BCUT2D eigenvalue weighted by Gasteiger charge is 2.09. The number of amides is 1. The van der Waals surface area contributed by atoms with Crippen LogP contribution in [0, 0.1) is 0 Å². The predicted octanol–water partition coefficient (Wildman–Crippen LogP) is -1.17. The average Bonchev–Trinajstić information content (AvgIpc) is 1.98. The maximum atomic E-state index is 10.7. The van der Waals surface area contributed by atoms with E-state index < -0.39 is 6.04 Å². The predicted molar refractivity (Wildman–Crippen MR) is 38.4 cm³/mol. The summed E-state index contributed by atoms with van der Waals surface area (Å²) in [7, 11) is 0. The van der Waals surface area contributed by atoms with E-state index in [-0.39, 0.29) is 12.5 Å². The third kappa shape index (κ3) is 3.42. The lowest BCUT2D eigenvalue weighted by molar-refractivity contribution is -0.123. The number of carbonyl (C=O) groups excluding carboxylic acids is 1. The van der Waals surface area contributed by atoms with Crippen molar-refractivity contribution >= 4 is 5.91 Å². The molecule has 1 atom stereocenters. The Hall–Kier alpha value is -0.610. The van der Waals surface area contributed by atoms with Gasteiger partial charge in [-0.05, 0) is 6.42 Å². The van der Waals surface area contributed by atoms with Gasteiger partial charge in [-0.3, -0.25) is 4.79 Å². The fraction of sp³-hybridized carbons (Fsp3) is 0.833. The second kappa shape index (κ2) is 5.20. The Bertz CT molecular complexity index is 106. The summed E-state index contributed by atoms with van der Waals surface area (Å²) in [5.41, 5.74) is 5.20. The summed E-state index contributed by atoms with van der Waals surface area (Å²) >= 11 is 0. The second-order valence-corrected chi connectivity index (χ2v) is 2.08. The number of nitrogens with one attached hydrogen (secondary N) is 1. The van der Waals surface area contributed by atoms with E-state index in [2.05, 4.69) is 5.32 Å². The number of hydrogen-bond acceptors (Lipinski definition) is 3. The van der Waals surface area contributed by atoms with Gasteiger partial charge in [0.05, 0.1) is 6.61 Å². The van der Waals surface area contributed by atoms with Crippen molar-refractivity contribution in [3.8, 4) is 0 Å². The molecule has 0 unspecified atom stereocenters. The number of nitrogens with two attached hydrogens (primary N) is 1. The highest BCUT2D eigenvalue weighted by molar-refractivity contribution is 5.81. The van der Waals surface area contributed by atoms with Crippen molar-refractivity contribution in [2.45, 2.75) is 19.4 Å². The Morgan fingerprint density at radius 1 is 1.80 bits per heavy atom. The molecule has 1 amide bonds. The molecule has 4 N–H and O–H groups in total. The van der Waals surface area contributed by atoms with Gasteiger partial charge in [-0.15, -0.1) is 0 Å². The fourth-order valence-electron chi connectivity index (χ4n) is 0.462. The largest absolute Gasteiger partial charge is 0.394 e. The molecule has 0 saturated carbocycles. The lowest BCUT2D eigenvalue weighted by Gasteiger charge is -2.07. The van der Waals surface area contributed by atoms with E-state index in [1.54, 1.807) is 0 Å². The zero-order valence-corrected chi connectivity index (χ0v) is 6.13. The minimum atomic E-state index is -0.772. The standard InChI is InChI=1S/C6H14N2O2/c1-2-3-8-6(10)5(7)4-9/h5,9H,2-4,7H2,1H3,(H,8,10)/t5-/m0/s1. The Labute approximate surface area is 60.4 Å². The molecule has 0 aromatic carbocycles. The summed E-state index contributed by atoms with van der Waals surface area (Å²) in [5.74, 6) is -0.288. The first kappa shape index (κ1) is 9.39. The Kier molecular flexibility index (Phi) is 4.88. The van der Waals surface area contributed by atoms with Gasteiger partial charge >= 0.3 is 0 Å². The van der Waals surface area contributed by atoms with Crippen molar-refractivity contribution in [1.82, 2.24) is 5.32 Å². The minimum absolute atomic E-state index is 0.288. The van der Waals surface area contributed by atoms with E-state index in [0.29, 0.717) is 6.54 Å². The molecule has 4 nitrogen and oxygen atoms in total. The molecule has 0 aliphatic carbocycles. The summed E-state index contributed by atoms with van der Waals surface area (Å²) in [6, 6.07) is -0.772. The van der Waals surface area contributed by atoms with Crippen molar-refractivity contribution in [1.29, 1.82) is 0 Å². The molecule has 0 bridgehead atoms. The first-order chi connectivity index (χ1) is 4.72. The van der Waals surface area contributed by atoms with Gasteiger partial charge in [0, 0.05) is 6.54 Å². The first-order valence-corrected chi connectivity index (χ1v) is 3.36. The third-order valence-corrected chi connectivity index (χ3v) is 1.08. The molecular formula is C6H14N2O2. The maximum absolute atomic E-state index is 10.7.